The van der Waals surface area contributed by atoms with Gasteiger partial charge in [-0.3, -0.25) is 4.90 Å². The van der Waals surface area contributed by atoms with Crippen molar-refractivity contribution in [1.29, 1.82) is 0 Å². The molecule has 2 saturated heterocycles. The third-order valence-corrected chi connectivity index (χ3v) is 7.07. The van der Waals surface area contributed by atoms with Gasteiger partial charge in [0.05, 0.1) is 0 Å². The standard InChI is InChI=1S/C24H32N2O/c1-18-6-4-8-21(14-18)26-13-12-25-16-19(2)24(3,11-10-22(25)17-26)20-7-5-9-23(27)15-20/h4-9,14-15,19,22,27H,10-13,16-17H2,1-3H3. The normalized spacial score (nSPS) is 29.2. The Morgan fingerprint density at radius 3 is 2.63 bits per heavy atom. The molecule has 27 heavy (non-hydrogen) atoms. The van der Waals surface area contributed by atoms with Crippen LogP contribution in [0, 0.1) is 12.8 Å². The van der Waals surface area contributed by atoms with Crippen molar-refractivity contribution < 1.29 is 5.11 Å². The fourth-order valence-electron chi connectivity index (χ4n) is 5.02. The second-order valence-corrected chi connectivity index (χ2v) is 8.84. The molecule has 0 saturated carbocycles. The zero-order valence-corrected chi connectivity index (χ0v) is 16.9. The molecule has 3 atom stereocenters. The van der Waals surface area contributed by atoms with Crippen LogP contribution >= 0.6 is 0 Å². The lowest BCUT2D eigenvalue weighted by Crippen LogP contribution is -2.53. The average molecular weight is 365 g/mol. The van der Waals surface area contributed by atoms with E-state index >= 15 is 0 Å². The number of anilines is 1. The van der Waals surface area contributed by atoms with Gasteiger partial charge in [-0.15, -0.1) is 0 Å². The Hall–Kier alpha value is -2.00. The molecule has 0 spiro atoms. The Morgan fingerprint density at radius 1 is 1.04 bits per heavy atom. The molecule has 4 rings (SSSR count). The van der Waals surface area contributed by atoms with Crippen molar-refractivity contribution in [3.05, 3.63) is 59.7 Å². The quantitative estimate of drug-likeness (QED) is 0.845. The van der Waals surface area contributed by atoms with Gasteiger partial charge < -0.3 is 10.0 Å². The summed E-state index contributed by atoms with van der Waals surface area (Å²) in [5.74, 6) is 0.948. The number of hydrogen-bond acceptors (Lipinski definition) is 3. The summed E-state index contributed by atoms with van der Waals surface area (Å²) >= 11 is 0. The van der Waals surface area contributed by atoms with Gasteiger partial charge in [-0.2, -0.15) is 0 Å². The molecule has 3 heteroatoms. The Morgan fingerprint density at radius 2 is 1.85 bits per heavy atom. The topological polar surface area (TPSA) is 26.7 Å². The number of rotatable bonds is 2. The Kier molecular flexibility index (Phi) is 4.90. The predicted molar refractivity (Wildman–Crippen MR) is 113 cm³/mol. The first-order valence-electron chi connectivity index (χ1n) is 10.3. The number of benzene rings is 2. The largest absolute Gasteiger partial charge is 0.508 e. The van der Waals surface area contributed by atoms with Crippen molar-refractivity contribution in [3.8, 4) is 5.75 Å². The van der Waals surface area contributed by atoms with Crippen molar-refractivity contribution in [2.75, 3.05) is 31.1 Å². The number of nitrogens with zero attached hydrogens (tertiary/aromatic N) is 2. The summed E-state index contributed by atoms with van der Waals surface area (Å²) in [6.45, 7) is 11.5. The fraction of sp³-hybridized carbons (Fsp3) is 0.500. The Bertz CT molecular complexity index is 804. The van der Waals surface area contributed by atoms with Crippen molar-refractivity contribution in [3.63, 3.8) is 0 Å². The van der Waals surface area contributed by atoms with E-state index < -0.39 is 0 Å². The molecule has 0 aromatic heterocycles. The molecule has 144 valence electrons. The first-order chi connectivity index (χ1) is 13.0. The van der Waals surface area contributed by atoms with Crippen molar-refractivity contribution in [2.24, 2.45) is 5.92 Å². The zero-order chi connectivity index (χ0) is 19.0. The van der Waals surface area contributed by atoms with Crippen molar-refractivity contribution >= 4 is 5.69 Å². The van der Waals surface area contributed by atoms with Gasteiger partial charge in [0.15, 0.2) is 0 Å². The van der Waals surface area contributed by atoms with E-state index in [1.165, 1.54) is 29.7 Å². The highest BCUT2D eigenvalue weighted by molar-refractivity contribution is 5.49. The van der Waals surface area contributed by atoms with Gasteiger partial charge in [-0.05, 0) is 66.5 Å². The van der Waals surface area contributed by atoms with E-state index in [1.807, 2.05) is 12.1 Å². The lowest BCUT2D eigenvalue weighted by atomic mass is 9.70. The van der Waals surface area contributed by atoms with Crippen LogP contribution in [0.2, 0.25) is 0 Å². The van der Waals surface area contributed by atoms with Crippen LogP contribution in [0.1, 0.15) is 37.8 Å². The molecule has 2 aliphatic rings. The van der Waals surface area contributed by atoms with E-state index in [0.717, 1.165) is 26.2 Å². The minimum Gasteiger partial charge on any atom is -0.508 e. The molecule has 2 aromatic rings. The summed E-state index contributed by atoms with van der Waals surface area (Å²) in [6, 6.07) is 17.4. The van der Waals surface area contributed by atoms with Crippen LogP contribution in [0.3, 0.4) is 0 Å². The molecule has 2 fully saturated rings. The molecule has 2 aliphatic heterocycles. The minimum atomic E-state index is 0.115. The second-order valence-electron chi connectivity index (χ2n) is 8.84. The number of hydrogen-bond donors (Lipinski definition) is 1. The van der Waals surface area contributed by atoms with Crippen LogP contribution in [0.25, 0.3) is 0 Å². The molecule has 0 bridgehead atoms. The van der Waals surface area contributed by atoms with Crippen LogP contribution in [0.4, 0.5) is 5.69 Å². The van der Waals surface area contributed by atoms with Crippen LogP contribution in [-0.2, 0) is 5.41 Å². The van der Waals surface area contributed by atoms with Crippen molar-refractivity contribution in [2.45, 2.75) is 45.1 Å². The summed E-state index contributed by atoms with van der Waals surface area (Å²) in [4.78, 5) is 5.28. The number of piperazine rings is 1. The van der Waals surface area contributed by atoms with Gasteiger partial charge in [0, 0.05) is 37.9 Å². The van der Waals surface area contributed by atoms with Gasteiger partial charge in [-0.1, -0.05) is 38.1 Å². The molecule has 2 heterocycles. The summed E-state index contributed by atoms with van der Waals surface area (Å²) in [6.07, 6.45) is 2.37. The predicted octanol–water partition coefficient (Wildman–Crippen LogP) is 4.58. The number of phenolic OH excluding ortho intramolecular Hbond substituents is 1. The molecule has 3 nitrogen and oxygen atoms in total. The first-order valence-corrected chi connectivity index (χ1v) is 10.3. The maximum absolute atomic E-state index is 9.99. The summed E-state index contributed by atoms with van der Waals surface area (Å²) in [7, 11) is 0. The molecule has 0 amide bonds. The highest BCUT2D eigenvalue weighted by Gasteiger charge is 2.40. The number of fused-ring (bicyclic) bond motifs is 1. The van der Waals surface area contributed by atoms with Gasteiger partial charge in [0.2, 0.25) is 0 Å². The van der Waals surface area contributed by atoms with Crippen LogP contribution in [0.15, 0.2) is 48.5 Å². The molecule has 0 aliphatic carbocycles. The van der Waals surface area contributed by atoms with E-state index in [-0.39, 0.29) is 5.41 Å². The average Bonchev–Trinajstić information content (AvgIpc) is 2.79. The van der Waals surface area contributed by atoms with E-state index in [4.69, 9.17) is 0 Å². The molecule has 2 aromatic carbocycles. The lowest BCUT2D eigenvalue weighted by Gasteiger charge is -2.42. The van der Waals surface area contributed by atoms with E-state index in [1.54, 1.807) is 6.07 Å². The smallest absolute Gasteiger partial charge is 0.115 e. The van der Waals surface area contributed by atoms with Crippen LogP contribution in [0.5, 0.6) is 5.75 Å². The number of phenols is 1. The van der Waals surface area contributed by atoms with E-state index in [9.17, 15) is 5.11 Å². The van der Waals surface area contributed by atoms with Crippen LogP contribution < -0.4 is 4.90 Å². The summed E-state index contributed by atoms with van der Waals surface area (Å²) in [5, 5.41) is 9.99. The minimum absolute atomic E-state index is 0.115. The van der Waals surface area contributed by atoms with E-state index in [0.29, 0.717) is 17.7 Å². The van der Waals surface area contributed by atoms with Gasteiger partial charge in [-0.25, -0.2) is 0 Å². The summed E-state index contributed by atoms with van der Waals surface area (Å²) in [5.41, 5.74) is 4.10. The van der Waals surface area contributed by atoms with Crippen LogP contribution in [-0.4, -0.2) is 42.2 Å². The Balaban J connectivity index is 1.54. The highest BCUT2D eigenvalue weighted by atomic mass is 16.3. The lowest BCUT2D eigenvalue weighted by molar-refractivity contribution is 0.157. The van der Waals surface area contributed by atoms with Gasteiger partial charge >= 0.3 is 0 Å². The van der Waals surface area contributed by atoms with Gasteiger partial charge in [0.1, 0.15) is 5.75 Å². The number of aryl methyl sites for hydroxylation is 1. The zero-order valence-electron chi connectivity index (χ0n) is 16.9. The Labute approximate surface area is 163 Å². The maximum Gasteiger partial charge on any atom is 0.115 e. The van der Waals surface area contributed by atoms with E-state index in [2.05, 4.69) is 60.9 Å². The maximum atomic E-state index is 9.99. The number of aromatic hydroxyl groups is 1. The molecule has 3 unspecified atom stereocenters. The van der Waals surface area contributed by atoms with Gasteiger partial charge in [0.25, 0.3) is 0 Å². The monoisotopic (exact) mass is 364 g/mol. The third kappa shape index (κ3) is 3.58. The first kappa shape index (κ1) is 18.4. The molecule has 0 radical (unpaired) electrons. The molecular formula is C24H32N2O. The fourth-order valence-corrected chi connectivity index (χ4v) is 5.02. The molecular weight excluding hydrogens is 332 g/mol. The second kappa shape index (κ2) is 7.20. The summed E-state index contributed by atoms with van der Waals surface area (Å²) < 4.78 is 0. The third-order valence-electron chi connectivity index (χ3n) is 7.07. The highest BCUT2D eigenvalue weighted by Crippen LogP contribution is 2.42. The van der Waals surface area contributed by atoms with Crippen molar-refractivity contribution in [1.82, 2.24) is 4.90 Å². The molecule has 1 N–H and O–H groups in total. The SMILES string of the molecule is Cc1cccc(N2CCN3CC(C)C(C)(c4cccc(O)c4)CCC3C2)c1.